The molecule has 0 bridgehead atoms. The molecule has 1 aromatic heterocycles. The predicted molar refractivity (Wildman–Crippen MR) is 76.0 cm³/mol. The van der Waals surface area contributed by atoms with E-state index in [1.54, 1.807) is 30.6 Å². The summed E-state index contributed by atoms with van der Waals surface area (Å²) in [7, 11) is 0. The minimum Gasteiger partial charge on any atom is -0.398 e. The van der Waals surface area contributed by atoms with Crippen molar-refractivity contribution in [1.29, 1.82) is 0 Å². The lowest BCUT2D eigenvalue weighted by atomic mass is 10.1. The topological polar surface area (TPSA) is 68.0 Å². The van der Waals surface area contributed by atoms with Gasteiger partial charge in [-0.15, -0.1) is 0 Å². The minimum absolute atomic E-state index is 0.127. The number of anilines is 1. The molecule has 1 amide bonds. The van der Waals surface area contributed by atoms with Crippen LogP contribution in [0, 0.1) is 0 Å². The number of amides is 1. The minimum atomic E-state index is -0.196. The molecule has 0 fully saturated rings. The Morgan fingerprint density at radius 1 is 1.42 bits per heavy atom. The summed E-state index contributed by atoms with van der Waals surface area (Å²) in [4.78, 5) is 16.1. The lowest BCUT2D eigenvalue weighted by molar-refractivity contribution is 0.0940. The van der Waals surface area contributed by atoms with Gasteiger partial charge in [0.25, 0.3) is 5.91 Å². The summed E-state index contributed by atoms with van der Waals surface area (Å²) in [5.74, 6) is -0.196. The van der Waals surface area contributed by atoms with Crippen molar-refractivity contribution < 1.29 is 4.79 Å². The molecule has 19 heavy (non-hydrogen) atoms. The Bertz CT molecular complexity index is 586. The van der Waals surface area contributed by atoms with Gasteiger partial charge in [-0.25, -0.2) is 0 Å². The van der Waals surface area contributed by atoms with E-state index < -0.39 is 0 Å². The molecule has 1 heterocycles. The largest absolute Gasteiger partial charge is 0.398 e. The third-order valence-corrected chi connectivity index (χ3v) is 3.12. The predicted octanol–water partition coefficient (Wildman–Crippen LogP) is 2.81. The first-order chi connectivity index (χ1) is 9.08. The molecular formula is C14H14ClN3O. The Morgan fingerprint density at radius 3 is 2.84 bits per heavy atom. The van der Waals surface area contributed by atoms with Crippen molar-refractivity contribution >= 4 is 23.2 Å². The zero-order valence-corrected chi connectivity index (χ0v) is 11.2. The number of nitrogen functional groups attached to an aromatic ring is 1. The number of nitrogens with zero attached hydrogens (tertiary/aromatic N) is 1. The number of nitrogens with two attached hydrogens (primary N) is 1. The third kappa shape index (κ3) is 3.23. The fourth-order valence-corrected chi connectivity index (χ4v) is 1.84. The number of benzene rings is 1. The van der Waals surface area contributed by atoms with Crippen LogP contribution in [-0.2, 0) is 0 Å². The standard InChI is InChI=1S/C14H14ClN3O/c1-9(11-3-2-6-17-8-11)18-14(19)10-4-5-13(16)12(15)7-10/h2-9H,16H2,1H3,(H,18,19). The molecule has 2 aromatic rings. The monoisotopic (exact) mass is 275 g/mol. The smallest absolute Gasteiger partial charge is 0.251 e. The van der Waals surface area contributed by atoms with Gasteiger partial charge in [0.2, 0.25) is 0 Å². The highest BCUT2D eigenvalue weighted by atomic mass is 35.5. The van der Waals surface area contributed by atoms with Gasteiger partial charge in [-0.3, -0.25) is 9.78 Å². The van der Waals surface area contributed by atoms with Crippen LogP contribution >= 0.6 is 11.6 Å². The summed E-state index contributed by atoms with van der Waals surface area (Å²) < 4.78 is 0. The van der Waals surface area contributed by atoms with Gasteiger partial charge in [0.15, 0.2) is 0 Å². The van der Waals surface area contributed by atoms with Gasteiger partial charge in [0.05, 0.1) is 16.8 Å². The number of carbonyl (C=O) groups is 1. The van der Waals surface area contributed by atoms with E-state index in [2.05, 4.69) is 10.3 Å². The van der Waals surface area contributed by atoms with E-state index in [1.807, 2.05) is 19.1 Å². The van der Waals surface area contributed by atoms with E-state index in [-0.39, 0.29) is 11.9 Å². The number of pyridine rings is 1. The van der Waals surface area contributed by atoms with Crippen LogP contribution in [0.25, 0.3) is 0 Å². The Morgan fingerprint density at radius 2 is 2.21 bits per heavy atom. The number of hydrogen-bond donors (Lipinski definition) is 2. The molecule has 0 aliphatic carbocycles. The summed E-state index contributed by atoms with van der Waals surface area (Å²) >= 11 is 5.90. The number of carbonyl (C=O) groups excluding carboxylic acids is 1. The second-order valence-corrected chi connectivity index (χ2v) is 4.63. The SMILES string of the molecule is CC(NC(=O)c1ccc(N)c(Cl)c1)c1cccnc1. The second-order valence-electron chi connectivity index (χ2n) is 4.22. The van der Waals surface area contributed by atoms with Crippen molar-refractivity contribution in [2.45, 2.75) is 13.0 Å². The zero-order valence-electron chi connectivity index (χ0n) is 10.4. The first-order valence-corrected chi connectivity index (χ1v) is 6.21. The highest BCUT2D eigenvalue weighted by Crippen LogP contribution is 2.20. The van der Waals surface area contributed by atoms with E-state index in [1.165, 1.54) is 0 Å². The Hall–Kier alpha value is -2.07. The van der Waals surface area contributed by atoms with Crippen molar-refractivity contribution in [3.63, 3.8) is 0 Å². The Labute approximate surface area is 116 Å². The van der Waals surface area contributed by atoms with Crippen LogP contribution in [0.2, 0.25) is 5.02 Å². The highest BCUT2D eigenvalue weighted by molar-refractivity contribution is 6.33. The van der Waals surface area contributed by atoms with Crippen molar-refractivity contribution in [3.05, 3.63) is 58.9 Å². The first-order valence-electron chi connectivity index (χ1n) is 5.83. The molecule has 5 heteroatoms. The fourth-order valence-electron chi connectivity index (χ4n) is 1.66. The Kier molecular flexibility index (Phi) is 4.02. The molecule has 1 unspecified atom stereocenters. The average molecular weight is 276 g/mol. The molecular weight excluding hydrogens is 262 g/mol. The summed E-state index contributed by atoms with van der Waals surface area (Å²) in [6, 6.07) is 8.43. The molecule has 0 aliphatic heterocycles. The van der Waals surface area contributed by atoms with E-state index in [9.17, 15) is 4.79 Å². The lowest BCUT2D eigenvalue weighted by Gasteiger charge is -2.14. The molecule has 98 valence electrons. The van der Waals surface area contributed by atoms with Crippen LogP contribution in [0.4, 0.5) is 5.69 Å². The van der Waals surface area contributed by atoms with E-state index in [0.717, 1.165) is 5.56 Å². The molecule has 4 nitrogen and oxygen atoms in total. The molecule has 3 N–H and O–H groups in total. The van der Waals surface area contributed by atoms with Crippen molar-refractivity contribution in [2.75, 3.05) is 5.73 Å². The number of aromatic nitrogens is 1. The molecule has 2 rings (SSSR count). The van der Waals surface area contributed by atoms with Crippen molar-refractivity contribution in [1.82, 2.24) is 10.3 Å². The molecule has 0 saturated heterocycles. The average Bonchev–Trinajstić information content (AvgIpc) is 2.42. The number of rotatable bonds is 3. The summed E-state index contributed by atoms with van der Waals surface area (Å²) in [6.07, 6.45) is 3.42. The van der Waals surface area contributed by atoms with Gasteiger partial charge in [-0.1, -0.05) is 17.7 Å². The van der Waals surface area contributed by atoms with Crippen molar-refractivity contribution in [3.8, 4) is 0 Å². The maximum Gasteiger partial charge on any atom is 0.251 e. The fraction of sp³-hybridized carbons (Fsp3) is 0.143. The van der Waals surface area contributed by atoms with Gasteiger partial charge in [0.1, 0.15) is 0 Å². The van der Waals surface area contributed by atoms with Gasteiger partial charge >= 0.3 is 0 Å². The van der Waals surface area contributed by atoms with Crippen LogP contribution in [0.3, 0.4) is 0 Å². The number of hydrogen-bond acceptors (Lipinski definition) is 3. The number of nitrogens with one attached hydrogen (secondary N) is 1. The molecule has 0 spiro atoms. The molecule has 0 saturated carbocycles. The lowest BCUT2D eigenvalue weighted by Crippen LogP contribution is -2.26. The van der Waals surface area contributed by atoms with E-state index in [4.69, 9.17) is 17.3 Å². The molecule has 1 atom stereocenters. The zero-order chi connectivity index (χ0) is 13.8. The van der Waals surface area contributed by atoms with Crippen LogP contribution in [0.5, 0.6) is 0 Å². The summed E-state index contributed by atoms with van der Waals surface area (Å²) in [5.41, 5.74) is 7.49. The van der Waals surface area contributed by atoms with Gasteiger partial charge in [-0.05, 0) is 36.8 Å². The quantitative estimate of drug-likeness (QED) is 0.847. The van der Waals surface area contributed by atoms with Crippen LogP contribution in [0.1, 0.15) is 28.9 Å². The maximum absolute atomic E-state index is 12.1. The Balaban J connectivity index is 2.11. The van der Waals surface area contributed by atoms with E-state index in [0.29, 0.717) is 16.3 Å². The molecule has 1 aromatic carbocycles. The molecule has 0 aliphatic rings. The van der Waals surface area contributed by atoms with Gasteiger partial charge in [0, 0.05) is 18.0 Å². The summed E-state index contributed by atoms with van der Waals surface area (Å²) in [5, 5.41) is 3.26. The van der Waals surface area contributed by atoms with Gasteiger partial charge < -0.3 is 11.1 Å². The van der Waals surface area contributed by atoms with Crippen LogP contribution in [-0.4, -0.2) is 10.9 Å². The van der Waals surface area contributed by atoms with Gasteiger partial charge in [-0.2, -0.15) is 0 Å². The summed E-state index contributed by atoms with van der Waals surface area (Å²) in [6.45, 7) is 1.90. The van der Waals surface area contributed by atoms with Crippen LogP contribution in [0.15, 0.2) is 42.7 Å². The first kappa shape index (κ1) is 13.4. The van der Waals surface area contributed by atoms with Crippen molar-refractivity contribution in [2.24, 2.45) is 0 Å². The second kappa shape index (κ2) is 5.71. The van der Waals surface area contributed by atoms with Crippen LogP contribution < -0.4 is 11.1 Å². The maximum atomic E-state index is 12.1. The number of halogens is 1. The third-order valence-electron chi connectivity index (χ3n) is 2.79. The van der Waals surface area contributed by atoms with E-state index >= 15 is 0 Å². The normalized spacial score (nSPS) is 11.9. The highest BCUT2D eigenvalue weighted by Gasteiger charge is 2.12. The molecule has 0 radical (unpaired) electrons.